The molecule has 0 rings (SSSR count). The van der Waals surface area contributed by atoms with Gasteiger partial charge in [0.2, 0.25) is 0 Å². The molecule has 0 bridgehead atoms. The smallest absolute Gasteiger partial charge is 0.305 e. The summed E-state index contributed by atoms with van der Waals surface area (Å²) < 4.78 is 31.4. The maximum Gasteiger partial charge on any atom is 0.305 e. The number of rotatable bonds is 19. The lowest BCUT2D eigenvalue weighted by molar-refractivity contribution is -0.138. The number of carboxylic acid groups (broad SMARTS) is 1. The van der Waals surface area contributed by atoms with Gasteiger partial charge in [0.25, 0.3) is 0 Å². The van der Waals surface area contributed by atoms with E-state index in [2.05, 4.69) is 0 Å². The molecule has 1 N–H and O–H groups in total. The number of hydrogen-bond donors (Lipinski definition) is 1. The second-order valence-corrected chi connectivity index (χ2v) is 4.40. The quantitative estimate of drug-likeness (QED) is 0.342. The molecule has 0 saturated heterocycles. The summed E-state index contributed by atoms with van der Waals surface area (Å²) in [6, 6.07) is 0. The Hall–Kier alpha value is -0.770. The van der Waals surface area contributed by atoms with Gasteiger partial charge in [-0.25, -0.2) is 0 Å². The Morgan fingerprint density at radius 2 is 0.913 bits per heavy atom. The molecule has 8 nitrogen and oxygen atoms in total. The van der Waals surface area contributed by atoms with Gasteiger partial charge in [-0.2, -0.15) is 0 Å². The van der Waals surface area contributed by atoms with Crippen LogP contribution in [0, 0.1) is 0 Å². The zero-order valence-electron chi connectivity index (χ0n) is 14.0. The number of carboxylic acids is 1. The molecule has 0 aliphatic carbocycles. The number of carbonyl (C=O) groups is 1. The van der Waals surface area contributed by atoms with Crippen molar-refractivity contribution in [3.8, 4) is 0 Å². The van der Waals surface area contributed by atoms with Crippen LogP contribution in [-0.4, -0.2) is 90.4 Å². The molecule has 0 aliphatic heterocycles. The van der Waals surface area contributed by atoms with Gasteiger partial charge < -0.3 is 33.5 Å². The Bertz CT molecular complexity index is 250. The second kappa shape index (κ2) is 19.3. The van der Waals surface area contributed by atoms with E-state index in [4.69, 9.17) is 33.5 Å². The molecule has 8 heteroatoms. The number of hydrogen-bond acceptors (Lipinski definition) is 7. The zero-order chi connectivity index (χ0) is 17.0. The van der Waals surface area contributed by atoms with E-state index in [1.54, 1.807) is 0 Å². The predicted octanol–water partition coefficient (Wildman–Crippen LogP) is 0.581. The van der Waals surface area contributed by atoms with Crippen molar-refractivity contribution < 1.29 is 38.3 Å². The van der Waals surface area contributed by atoms with Crippen LogP contribution in [-0.2, 0) is 33.2 Å². The average Bonchev–Trinajstić information content (AvgIpc) is 2.53. The topological polar surface area (TPSA) is 92.7 Å². The highest BCUT2D eigenvalue weighted by Gasteiger charge is 1.96. The number of aliphatic carboxylic acids is 1. The minimum absolute atomic E-state index is 0.0146. The van der Waals surface area contributed by atoms with E-state index in [1.165, 1.54) is 0 Å². The van der Waals surface area contributed by atoms with Gasteiger partial charge in [-0.1, -0.05) is 0 Å². The highest BCUT2D eigenvalue weighted by molar-refractivity contribution is 5.66. The van der Waals surface area contributed by atoms with E-state index in [1.807, 2.05) is 6.92 Å². The van der Waals surface area contributed by atoms with Crippen molar-refractivity contribution in [3.05, 3.63) is 0 Å². The van der Waals surface area contributed by atoms with Crippen LogP contribution in [0.15, 0.2) is 0 Å². The first kappa shape index (κ1) is 22.2. The fourth-order valence-corrected chi connectivity index (χ4v) is 1.40. The summed E-state index contributed by atoms with van der Waals surface area (Å²) in [6.07, 6.45) is 0.0146. The molecule has 0 radical (unpaired) electrons. The van der Waals surface area contributed by atoms with E-state index < -0.39 is 5.97 Å². The monoisotopic (exact) mass is 338 g/mol. The van der Waals surface area contributed by atoms with Crippen LogP contribution in [0.2, 0.25) is 0 Å². The van der Waals surface area contributed by atoms with Crippen LogP contribution in [0.25, 0.3) is 0 Å². The third-order valence-electron chi connectivity index (χ3n) is 2.52. The Labute approximate surface area is 137 Å². The largest absolute Gasteiger partial charge is 0.481 e. The molecule has 0 aromatic carbocycles. The van der Waals surface area contributed by atoms with Crippen molar-refractivity contribution in [2.24, 2.45) is 0 Å². The van der Waals surface area contributed by atoms with Gasteiger partial charge in [-0.05, 0) is 6.92 Å². The molecule has 0 heterocycles. The molecule has 0 fully saturated rings. The highest BCUT2D eigenvalue weighted by atomic mass is 16.6. The molecular formula is C15H30O8. The normalized spacial score (nSPS) is 11.0. The van der Waals surface area contributed by atoms with E-state index in [9.17, 15) is 4.79 Å². The molecule has 0 atom stereocenters. The third kappa shape index (κ3) is 21.2. The highest BCUT2D eigenvalue weighted by Crippen LogP contribution is 1.86. The summed E-state index contributed by atoms with van der Waals surface area (Å²) >= 11 is 0. The Morgan fingerprint density at radius 1 is 0.609 bits per heavy atom. The molecule has 0 unspecified atom stereocenters. The Kier molecular flexibility index (Phi) is 18.6. The first-order valence-electron chi connectivity index (χ1n) is 7.95. The summed E-state index contributed by atoms with van der Waals surface area (Å²) in [4.78, 5) is 10.2. The van der Waals surface area contributed by atoms with E-state index in [0.717, 1.165) is 0 Å². The predicted molar refractivity (Wildman–Crippen MR) is 82.8 cm³/mol. The summed E-state index contributed by atoms with van der Waals surface area (Å²) in [6.45, 7) is 7.98. The van der Waals surface area contributed by atoms with Crippen molar-refractivity contribution in [3.63, 3.8) is 0 Å². The number of ether oxygens (including phenoxy) is 6. The van der Waals surface area contributed by atoms with E-state index >= 15 is 0 Å². The van der Waals surface area contributed by atoms with Crippen LogP contribution in [0.5, 0.6) is 0 Å². The summed E-state index contributed by atoms with van der Waals surface area (Å²) in [7, 11) is 0. The average molecular weight is 338 g/mol. The molecule has 138 valence electrons. The van der Waals surface area contributed by atoms with Crippen LogP contribution < -0.4 is 0 Å². The van der Waals surface area contributed by atoms with Crippen molar-refractivity contribution in [2.75, 3.05) is 79.3 Å². The molecule has 0 aliphatic rings. The summed E-state index contributed by atoms with van der Waals surface area (Å²) in [5, 5.41) is 8.40. The van der Waals surface area contributed by atoms with Gasteiger partial charge in [-0.3, -0.25) is 4.79 Å². The van der Waals surface area contributed by atoms with E-state index in [-0.39, 0.29) is 13.0 Å². The molecule has 23 heavy (non-hydrogen) atoms. The van der Waals surface area contributed by atoms with Crippen LogP contribution in [0.3, 0.4) is 0 Å². The van der Waals surface area contributed by atoms with Crippen molar-refractivity contribution >= 4 is 5.97 Å². The van der Waals surface area contributed by atoms with E-state index in [0.29, 0.717) is 72.7 Å². The van der Waals surface area contributed by atoms with Crippen LogP contribution in [0.4, 0.5) is 0 Å². The van der Waals surface area contributed by atoms with Gasteiger partial charge >= 0.3 is 5.97 Å². The van der Waals surface area contributed by atoms with Gasteiger partial charge in [0.15, 0.2) is 0 Å². The minimum atomic E-state index is -0.862. The Balaban J connectivity index is 2.96. The fraction of sp³-hybridized carbons (Fsp3) is 0.933. The third-order valence-corrected chi connectivity index (χ3v) is 2.52. The SMILES string of the molecule is CCOCCOCCOCCOCCOCCOCCC(=O)O. The van der Waals surface area contributed by atoms with Gasteiger partial charge in [-0.15, -0.1) is 0 Å². The van der Waals surface area contributed by atoms with Gasteiger partial charge in [0.05, 0.1) is 79.1 Å². The first-order valence-corrected chi connectivity index (χ1v) is 7.95. The lowest BCUT2D eigenvalue weighted by atomic mass is 10.5. The molecule has 0 spiro atoms. The van der Waals surface area contributed by atoms with Crippen LogP contribution >= 0.6 is 0 Å². The zero-order valence-corrected chi connectivity index (χ0v) is 14.0. The molecule has 0 aromatic rings. The Morgan fingerprint density at radius 3 is 1.22 bits per heavy atom. The van der Waals surface area contributed by atoms with Gasteiger partial charge in [0, 0.05) is 6.61 Å². The maximum atomic E-state index is 10.2. The molecule has 0 amide bonds. The van der Waals surface area contributed by atoms with Crippen molar-refractivity contribution in [1.82, 2.24) is 0 Å². The second-order valence-electron chi connectivity index (χ2n) is 4.40. The van der Waals surface area contributed by atoms with Gasteiger partial charge in [0.1, 0.15) is 0 Å². The molecular weight excluding hydrogens is 308 g/mol. The minimum Gasteiger partial charge on any atom is -0.481 e. The standard InChI is InChI=1S/C15H30O8/c1-2-18-5-6-20-9-10-22-13-14-23-12-11-21-8-7-19-4-3-15(16)17/h2-14H2,1H3,(H,16,17). The first-order chi connectivity index (χ1) is 11.3. The summed E-state index contributed by atoms with van der Waals surface area (Å²) in [5.41, 5.74) is 0. The molecule has 0 saturated carbocycles. The maximum absolute atomic E-state index is 10.2. The fourth-order valence-electron chi connectivity index (χ4n) is 1.40. The van der Waals surface area contributed by atoms with Crippen molar-refractivity contribution in [1.29, 1.82) is 0 Å². The summed E-state index contributed by atoms with van der Waals surface area (Å²) in [5.74, 6) is -0.862. The van der Waals surface area contributed by atoms with Crippen molar-refractivity contribution in [2.45, 2.75) is 13.3 Å². The lowest BCUT2D eigenvalue weighted by Crippen LogP contribution is -2.14. The molecule has 0 aromatic heterocycles. The lowest BCUT2D eigenvalue weighted by Gasteiger charge is -2.07. The van der Waals surface area contributed by atoms with Crippen LogP contribution in [0.1, 0.15) is 13.3 Å².